The minimum Gasteiger partial charge on any atom is -0.497 e. The molecule has 0 fully saturated rings. The molecule has 3 aromatic rings. The maximum Gasteiger partial charge on any atom is 0.273 e. The molecule has 9 nitrogen and oxygen atoms in total. The maximum atomic E-state index is 13.4. The van der Waals surface area contributed by atoms with Crippen molar-refractivity contribution < 1.29 is 22.9 Å². The number of hydrogen-bond donors (Lipinski definition) is 2. The molecule has 1 amide bonds. The molecule has 178 valence electrons. The smallest absolute Gasteiger partial charge is 0.273 e. The number of amides is 1. The number of rotatable bonds is 8. The second-order valence-corrected chi connectivity index (χ2v) is 9.71. The average Bonchev–Trinajstić information content (AvgIpc) is 2.80. The van der Waals surface area contributed by atoms with Crippen molar-refractivity contribution in [3.05, 3.63) is 81.4 Å². The molecule has 0 aliphatic rings. The molecule has 0 aliphatic heterocycles. The Morgan fingerprint density at radius 3 is 2.35 bits per heavy atom. The van der Waals surface area contributed by atoms with Gasteiger partial charge in [-0.15, -0.1) is 0 Å². The number of methoxy groups -OCH3 is 1. The first-order chi connectivity index (χ1) is 16.0. The topological polar surface area (TPSA) is 128 Å². The van der Waals surface area contributed by atoms with Gasteiger partial charge in [-0.2, -0.15) is 0 Å². The van der Waals surface area contributed by atoms with Crippen molar-refractivity contribution in [2.24, 2.45) is 0 Å². The lowest BCUT2D eigenvalue weighted by molar-refractivity contribution is -0.385. The quantitative estimate of drug-likeness (QED) is 0.359. The number of carbonyl (C=O) groups is 1. The monoisotopic (exact) mass is 483 g/mol. The lowest BCUT2D eigenvalue weighted by Crippen LogP contribution is -2.23. The van der Waals surface area contributed by atoms with Crippen LogP contribution in [0.1, 0.15) is 16.7 Å². The van der Waals surface area contributed by atoms with E-state index in [1.807, 2.05) is 32.0 Å². The van der Waals surface area contributed by atoms with Gasteiger partial charge < -0.3 is 15.4 Å². The minimum atomic E-state index is -4.17. The van der Waals surface area contributed by atoms with Gasteiger partial charge in [-0.1, -0.05) is 18.2 Å². The first kappa shape index (κ1) is 24.7. The van der Waals surface area contributed by atoms with Crippen LogP contribution in [0.4, 0.5) is 17.1 Å². The number of anilines is 2. The summed E-state index contributed by atoms with van der Waals surface area (Å²) >= 11 is 0. The van der Waals surface area contributed by atoms with Gasteiger partial charge in [-0.3, -0.25) is 14.9 Å². The summed E-state index contributed by atoms with van der Waals surface area (Å²) in [5, 5.41) is 17.0. The van der Waals surface area contributed by atoms with E-state index in [0.717, 1.165) is 17.2 Å². The lowest BCUT2D eigenvalue weighted by Gasteiger charge is -2.15. The van der Waals surface area contributed by atoms with Crippen molar-refractivity contribution in [2.75, 3.05) is 24.3 Å². The lowest BCUT2D eigenvalue weighted by atomic mass is 10.1. The van der Waals surface area contributed by atoms with Crippen LogP contribution in [0.25, 0.3) is 0 Å². The molecule has 3 rings (SSSR count). The predicted molar refractivity (Wildman–Crippen MR) is 129 cm³/mol. The summed E-state index contributed by atoms with van der Waals surface area (Å²) in [7, 11) is -2.78. The Balaban J connectivity index is 1.92. The molecule has 2 N–H and O–H groups in total. The van der Waals surface area contributed by atoms with Gasteiger partial charge in [0, 0.05) is 23.4 Å². The summed E-state index contributed by atoms with van der Waals surface area (Å²) in [4.78, 5) is 22.8. The largest absolute Gasteiger partial charge is 0.497 e. The van der Waals surface area contributed by atoms with Gasteiger partial charge in [0.15, 0.2) is 0 Å². The molecule has 0 saturated carbocycles. The summed E-state index contributed by atoms with van der Waals surface area (Å²) in [6.07, 6.45) is 0. The third kappa shape index (κ3) is 5.34. The van der Waals surface area contributed by atoms with Gasteiger partial charge in [0.25, 0.3) is 5.69 Å². The number of nitrogens with zero attached hydrogens (tertiary/aromatic N) is 1. The maximum absolute atomic E-state index is 13.4. The van der Waals surface area contributed by atoms with Crippen molar-refractivity contribution in [3.63, 3.8) is 0 Å². The molecular weight excluding hydrogens is 458 g/mol. The number of ether oxygens (including phenoxy) is 1. The Labute approximate surface area is 197 Å². The first-order valence-corrected chi connectivity index (χ1v) is 11.8. The van der Waals surface area contributed by atoms with Crippen LogP contribution in [-0.4, -0.2) is 32.9 Å². The summed E-state index contributed by atoms with van der Waals surface area (Å²) in [6.45, 7) is 5.12. The molecule has 0 atom stereocenters. The van der Waals surface area contributed by atoms with E-state index >= 15 is 0 Å². The minimum absolute atomic E-state index is 0.162. The molecule has 0 unspecified atom stereocenters. The van der Waals surface area contributed by atoms with E-state index in [2.05, 4.69) is 10.6 Å². The zero-order valence-corrected chi connectivity index (χ0v) is 20.0. The van der Waals surface area contributed by atoms with Gasteiger partial charge in [-0.25, -0.2) is 8.42 Å². The summed E-state index contributed by atoms with van der Waals surface area (Å²) in [5.41, 5.74) is 2.76. The number of nitro benzene ring substituents is 1. The molecule has 0 saturated heterocycles. The Morgan fingerprint density at radius 2 is 1.68 bits per heavy atom. The Hall–Kier alpha value is -3.92. The molecular formula is C24H25N3O6S. The molecule has 0 aliphatic carbocycles. The van der Waals surface area contributed by atoms with E-state index in [-0.39, 0.29) is 39.4 Å². The highest BCUT2D eigenvalue weighted by Crippen LogP contribution is 2.33. The second kappa shape index (κ2) is 9.92. The average molecular weight is 484 g/mol. The Kier molecular flexibility index (Phi) is 7.21. The predicted octanol–water partition coefficient (Wildman–Crippen LogP) is 4.41. The first-order valence-electron chi connectivity index (χ1n) is 10.3. The molecule has 0 bridgehead atoms. The Morgan fingerprint density at radius 1 is 0.971 bits per heavy atom. The molecule has 0 spiro atoms. The molecule has 34 heavy (non-hydrogen) atoms. The van der Waals surface area contributed by atoms with Crippen LogP contribution in [0.3, 0.4) is 0 Å². The van der Waals surface area contributed by atoms with Crippen LogP contribution < -0.4 is 15.4 Å². The highest BCUT2D eigenvalue weighted by atomic mass is 32.2. The number of nitro groups is 1. The van der Waals surface area contributed by atoms with Crippen molar-refractivity contribution in [1.29, 1.82) is 0 Å². The number of benzene rings is 3. The standard InChI is InChI=1S/C24H25N3O6S/c1-15-5-6-16(2)21(11-15)26-24(28)14-25-20-10-8-18(33-4)12-23(20)34(31,32)19-9-7-17(3)22(13-19)27(29)30/h5-13,25H,14H2,1-4H3,(H,26,28). The molecule has 0 radical (unpaired) electrons. The summed E-state index contributed by atoms with van der Waals surface area (Å²) in [6, 6.07) is 13.8. The van der Waals surface area contributed by atoms with Gasteiger partial charge in [-0.05, 0) is 56.2 Å². The van der Waals surface area contributed by atoms with Crippen LogP contribution in [0, 0.1) is 30.9 Å². The number of nitrogens with one attached hydrogen (secondary N) is 2. The van der Waals surface area contributed by atoms with Crippen LogP contribution in [-0.2, 0) is 14.6 Å². The molecule has 0 aromatic heterocycles. The van der Waals surface area contributed by atoms with E-state index in [4.69, 9.17) is 4.74 Å². The highest BCUT2D eigenvalue weighted by molar-refractivity contribution is 7.91. The molecule has 3 aromatic carbocycles. The van der Waals surface area contributed by atoms with E-state index in [0.29, 0.717) is 11.3 Å². The fraction of sp³-hybridized carbons (Fsp3) is 0.208. The van der Waals surface area contributed by atoms with Crippen LogP contribution in [0.2, 0.25) is 0 Å². The highest BCUT2D eigenvalue weighted by Gasteiger charge is 2.25. The van der Waals surface area contributed by atoms with Crippen molar-refractivity contribution in [1.82, 2.24) is 0 Å². The number of hydrogen-bond acceptors (Lipinski definition) is 7. The zero-order chi connectivity index (χ0) is 25.0. The SMILES string of the molecule is COc1ccc(NCC(=O)Nc2cc(C)ccc2C)c(S(=O)(=O)c2ccc(C)c([N+](=O)[O-])c2)c1. The van der Waals surface area contributed by atoms with Crippen LogP contribution in [0.5, 0.6) is 5.75 Å². The van der Waals surface area contributed by atoms with E-state index in [9.17, 15) is 23.3 Å². The fourth-order valence-electron chi connectivity index (χ4n) is 3.32. The molecule has 10 heteroatoms. The van der Waals surface area contributed by atoms with Crippen molar-refractivity contribution >= 4 is 32.8 Å². The third-order valence-electron chi connectivity index (χ3n) is 5.27. The van der Waals surface area contributed by atoms with E-state index in [1.165, 1.54) is 38.3 Å². The van der Waals surface area contributed by atoms with Gasteiger partial charge in [0.1, 0.15) is 5.75 Å². The number of aryl methyl sites for hydroxylation is 3. The summed E-state index contributed by atoms with van der Waals surface area (Å²) < 4.78 is 32.0. The number of carbonyl (C=O) groups excluding carboxylic acids is 1. The van der Waals surface area contributed by atoms with Crippen molar-refractivity contribution in [2.45, 2.75) is 30.6 Å². The molecule has 0 heterocycles. The third-order valence-corrected chi connectivity index (χ3v) is 7.06. The van der Waals surface area contributed by atoms with Gasteiger partial charge in [0.2, 0.25) is 15.7 Å². The Bertz CT molecular complexity index is 1370. The van der Waals surface area contributed by atoms with Gasteiger partial charge >= 0.3 is 0 Å². The fourth-order valence-corrected chi connectivity index (χ4v) is 4.79. The van der Waals surface area contributed by atoms with Crippen molar-refractivity contribution in [3.8, 4) is 5.75 Å². The van der Waals surface area contributed by atoms with E-state index in [1.54, 1.807) is 6.07 Å². The van der Waals surface area contributed by atoms with Gasteiger partial charge in [0.05, 0.1) is 34.1 Å². The van der Waals surface area contributed by atoms with Crippen LogP contribution in [0.15, 0.2) is 64.4 Å². The van der Waals surface area contributed by atoms with E-state index < -0.39 is 14.8 Å². The zero-order valence-electron chi connectivity index (χ0n) is 19.2. The normalized spacial score (nSPS) is 11.1. The number of sulfone groups is 1. The second-order valence-electron chi connectivity index (χ2n) is 7.79. The van der Waals surface area contributed by atoms with Crippen LogP contribution >= 0.6 is 0 Å². The summed E-state index contributed by atoms with van der Waals surface area (Å²) in [5.74, 6) is -0.0792.